The molecule has 7 heteroatoms. The van der Waals surface area contributed by atoms with E-state index in [0.717, 1.165) is 5.56 Å². The second-order valence-corrected chi connectivity index (χ2v) is 6.23. The van der Waals surface area contributed by atoms with Crippen molar-refractivity contribution in [2.24, 2.45) is 0 Å². The van der Waals surface area contributed by atoms with Gasteiger partial charge in [0.15, 0.2) is 5.78 Å². The molecule has 2 aromatic heterocycles. The second-order valence-electron chi connectivity index (χ2n) is 4.51. The first-order chi connectivity index (χ1) is 10.6. The lowest BCUT2D eigenvalue weighted by atomic mass is 10.2. The van der Waals surface area contributed by atoms with Crippen LogP contribution in [0.2, 0.25) is 4.34 Å². The molecule has 0 spiro atoms. The van der Waals surface area contributed by atoms with Crippen LogP contribution in [0.3, 0.4) is 0 Å². The third-order valence-corrected chi connectivity index (χ3v) is 4.20. The molecule has 0 aromatic carbocycles. The van der Waals surface area contributed by atoms with E-state index in [2.05, 4.69) is 10.3 Å². The molecular weight excluding hydrogens is 324 g/mol. The SMILES string of the molecule is COc1ccc(CNC(=O)CCC(=O)c2ccc(Cl)s2)cn1. The molecule has 0 aliphatic heterocycles. The number of halogens is 1. The van der Waals surface area contributed by atoms with Crippen molar-refractivity contribution in [3.63, 3.8) is 0 Å². The molecule has 0 atom stereocenters. The van der Waals surface area contributed by atoms with Gasteiger partial charge in [-0.2, -0.15) is 0 Å². The van der Waals surface area contributed by atoms with E-state index in [1.54, 1.807) is 31.5 Å². The number of Topliss-reactive ketones (excluding diaryl/α,β-unsaturated/α-hetero) is 1. The van der Waals surface area contributed by atoms with E-state index < -0.39 is 0 Å². The quantitative estimate of drug-likeness (QED) is 0.788. The molecule has 1 amide bonds. The van der Waals surface area contributed by atoms with Crippen molar-refractivity contribution >= 4 is 34.6 Å². The normalized spacial score (nSPS) is 10.3. The standard InChI is InChI=1S/C15H15ClN2O3S/c1-21-15-7-2-10(9-18-15)8-17-14(20)6-3-11(19)12-4-5-13(16)22-12/h2,4-5,7,9H,3,6,8H2,1H3,(H,17,20). The zero-order chi connectivity index (χ0) is 15.9. The first-order valence-corrected chi connectivity index (χ1v) is 7.82. The van der Waals surface area contributed by atoms with Crippen LogP contribution in [0.4, 0.5) is 0 Å². The van der Waals surface area contributed by atoms with E-state index in [1.807, 2.05) is 6.07 Å². The van der Waals surface area contributed by atoms with Gasteiger partial charge in [-0.05, 0) is 17.7 Å². The van der Waals surface area contributed by atoms with Crippen molar-refractivity contribution < 1.29 is 14.3 Å². The third-order valence-electron chi connectivity index (χ3n) is 2.92. The average Bonchev–Trinajstić information content (AvgIpc) is 2.97. The number of nitrogens with zero attached hydrogens (tertiary/aromatic N) is 1. The lowest BCUT2D eigenvalue weighted by Crippen LogP contribution is -2.23. The van der Waals surface area contributed by atoms with Gasteiger partial charge in [-0.25, -0.2) is 4.98 Å². The van der Waals surface area contributed by atoms with Crippen molar-refractivity contribution in [2.45, 2.75) is 19.4 Å². The fourth-order valence-corrected chi connectivity index (χ4v) is 2.75. The highest BCUT2D eigenvalue weighted by Crippen LogP contribution is 2.22. The lowest BCUT2D eigenvalue weighted by Gasteiger charge is -2.05. The molecule has 0 unspecified atom stereocenters. The molecular formula is C15H15ClN2O3S. The number of hydrogen-bond donors (Lipinski definition) is 1. The van der Waals surface area contributed by atoms with Crippen LogP contribution in [0.1, 0.15) is 28.1 Å². The number of carbonyl (C=O) groups excluding carboxylic acids is 2. The van der Waals surface area contributed by atoms with E-state index in [4.69, 9.17) is 16.3 Å². The fourth-order valence-electron chi connectivity index (χ4n) is 1.74. The minimum atomic E-state index is -0.174. The molecule has 0 saturated carbocycles. The van der Waals surface area contributed by atoms with Gasteiger partial charge in [0.05, 0.1) is 16.3 Å². The molecule has 5 nitrogen and oxygen atoms in total. The first-order valence-electron chi connectivity index (χ1n) is 6.62. The Morgan fingerprint density at radius 2 is 2.09 bits per heavy atom. The summed E-state index contributed by atoms with van der Waals surface area (Å²) >= 11 is 7.00. The van der Waals surface area contributed by atoms with E-state index in [-0.39, 0.29) is 24.5 Å². The van der Waals surface area contributed by atoms with E-state index in [1.165, 1.54) is 11.3 Å². The smallest absolute Gasteiger partial charge is 0.220 e. The summed E-state index contributed by atoms with van der Waals surface area (Å²) in [5.74, 6) is 0.278. The van der Waals surface area contributed by atoms with Gasteiger partial charge in [-0.3, -0.25) is 9.59 Å². The molecule has 0 aliphatic carbocycles. The van der Waals surface area contributed by atoms with Gasteiger partial charge in [0.1, 0.15) is 0 Å². The minimum Gasteiger partial charge on any atom is -0.481 e. The Morgan fingerprint density at radius 3 is 2.68 bits per heavy atom. The van der Waals surface area contributed by atoms with Gasteiger partial charge < -0.3 is 10.1 Å². The topological polar surface area (TPSA) is 68.3 Å². The third kappa shape index (κ3) is 4.82. The Balaban J connectivity index is 1.74. The highest BCUT2D eigenvalue weighted by molar-refractivity contribution is 7.18. The van der Waals surface area contributed by atoms with Crippen molar-refractivity contribution in [1.82, 2.24) is 10.3 Å². The van der Waals surface area contributed by atoms with Crippen LogP contribution in [0.5, 0.6) is 5.88 Å². The van der Waals surface area contributed by atoms with Crippen LogP contribution in [0, 0.1) is 0 Å². The average molecular weight is 339 g/mol. The summed E-state index contributed by atoms with van der Waals surface area (Å²) in [5.41, 5.74) is 0.866. The highest BCUT2D eigenvalue weighted by Gasteiger charge is 2.11. The Kier molecular flexibility index (Phi) is 5.91. The van der Waals surface area contributed by atoms with E-state index in [9.17, 15) is 9.59 Å². The second kappa shape index (κ2) is 7.91. The van der Waals surface area contributed by atoms with Gasteiger partial charge >= 0.3 is 0 Å². The lowest BCUT2D eigenvalue weighted by molar-refractivity contribution is -0.121. The van der Waals surface area contributed by atoms with Crippen LogP contribution in [-0.2, 0) is 11.3 Å². The maximum absolute atomic E-state index is 11.9. The largest absolute Gasteiger partial charge is 0.481 e. The van der Waals surface area contributed by atoms with Crippen molar-refractivity contribution in [3.05, 3.63) is 45.2 Å². The molecule has 0 aliphatic rings. The minimum absolute atomic E-state index is 0.0711. The van der Waals surface area contributed by atoms with Gasteiger partial charge in [0, 0.05) is 31.6 Å². The zero-order valence-corrected chi connectivity index (χ0v) is 13.5. The molecule has 116 valence electrons. The molecule has 0 bridgehead atoms. The van der Waals surface area contributed by atoms with Crippen molar-refractivity contribution in [1.29, 1.82) is 0 Å². The Morgan fingerprint density at radius 1 is 1.27 bits per heavy atom. The Hall–Kier alpha value is -1.92. The number of methoxy groups -OCH3 is 1. The monoisotopic (exact) mass is 338 g/mol. The molecule has 0 saturated heterocycles. The van der Waals surface area contributed by atoms with Crippen LogP contribution >= 0.6 is 22.9 Å². The predicted molar refractivity (Wildman–Crippen MR) is 85.5 cm³/mol. The number of nitrogens with one attached hydrogen (secondary N) is 1. The summed E-state index contributed by atoms with van der Waals surface area (Å²) < 4.78 is 5.53. The zero-order valence-electron chi connectivity index (χ0n) is 12.0. The maximum atomic E-state index is 11.9. The van der Waals surface area contributed by atoms with Crippen molar-refractivity contribution in [3.8, 4) is 5.88 Å². The fraction of sp³-hybridized carbons (Fsp3) is 0.267. The number of hydrogen-bond acceptors (Lipinski definition) is 5. The summed E-state index contributed by atoms with van der Waals surface area (Å²) in [6.07, 6.45) is 1.96. The number of ether oxygens (including phenoxy) is 1. The summed E-state index contributed by atoms with van der Waals surface area (Å²) in [4.78, 5) is 28.2. The van der Waals surface area contributed by atoms with Gasteiger partial charge in [-0.15, -0.1) is 11.3 Å². The molecule has 2 aromatic rings. The number of amides is 1. The predicted octanol–water partition coefficient (Wildman–Crippen LogP) is 3.08. The Labute approximate surface area is 137 Å². The molecule has 0 fully saturated rings. The number of pyridine rings is 1. The number of aromatic nitrogens is 1. The van der Waals surface area contributed by atoms with Crippen LogP contribution in [0.15, 0.2) is 30.5 Å². The summed E-state index contributed by atoms with van der Waals surface area (Å²) in [7, 11) is 1.54. The van der Waals surface area contributed by atoms with Crippen LogP contribution in [-0.4, -0.2) is 23.8 Å². The number of thiophene rings is 1. The number of carbonyl (C=O) groups is 2. The van der Waals surface area contributed by atoms with Gasteiger partial charge in [0.2, 0.25) is 11.8 Å². The Bertz CT molecular complexity index is 655. The molecule has 22 heavy (non-hydrogen) atoms. The molecule has 2 heterocycles. The van der Waals surface area contributed by atoms with E-state index >= 15 is 0 Å². The molecule has 2 rings (SSSR count). The highest BCUT2D eigenvalue weighted by atomic mass is 35.5. The summed E-state index contributed by atoms with van der Waals surface area (Å²) in [6.45, 7) is 0.370. The summed E-state index contributed by atoms with van der Waals surface area (Å²) in [6, 6.07) is 6.91. The molecule has 0 radical (unpaired) electrons. The van der Waals surface area contributed by atoms with Crippen LogP contribution in [0.25, 0.3) is 0 Å². The van der Waals surface area contributed by atoms with Crippen molar-refractivity contribution in [2.75, 3.05) is 7.11 Å². The summed E-state index contributed by atoms with van der Waals surface area (Å²) in [5, 5.41) is 2.75. The van der Waals surface area contributed by atoms with Crippen LogP contribution < -0.4 is 10.1 Å². The maximum Gasteiger partial charge on any atom is 0.220 e. The number of ketones is 1. The van der Waals surface area contributed by atoms with E-state index in [0.29, 0.717) is 21.6 Å². The van der Waals surface area contributed by atoms with Gasteiger partial charge in [0.25, 0.3) is 0 Å². The molecule has 1 N–H and O–H groups in total. The first kappa shape index (κ1) is 16.5. The number of rotatable bonds is 7. The van der Waals surface area contributed by atoms with Gasteiger partial charge in [-0.1, -0.05) is 17.7 Å².